The van der Waals surface area contributed by atoms with E-state index in [-0.39, 0.29) is 17.1 Å². The van der Waals surface area contributed by atoms with Crippen LogP contribution < -0.4 is 20.1 Å². The van der Waals surface area contributed by atoms with Crippen LogP contribution in [-0.4, -0.2) is 23.7 Å². The standard InChI is InChI=1S/C26H28N2O3S/c1-3-19(2)31-22-15-13-21(14-16-22)27-26(32)28-25(29)23-11-7-8-12-24(23)30-18-17-20-9-5-4-6-10-20/h4-16,19H,3,17-18H2,1-2H3,(H2,27,28,29,32). The second-order valence-corrected chi connectivity index (χ2v) is 7.76. The van der Waals surface area contributed by atoms with Crippen molar-refractivity contribution in [2.24, 2.45) is 0 Å². The molecule has 3 aromatic rings. The van der Waals surface area contributed by atoms with Crippen molar-refractivity contribution in [2.45, 2.75) is 32.8 Å². The molecule has 0 spiro atoms. The van der Waals surface area contributed by atoms with Crippen LogP contribution in [0.5, 0.6) is 11.5 Å². The van der Waals surface area contributed by atoms with Crippen LogP contribution in [0.25, 0.3) is 0 Å². The Morgan fingerprint density at radius 3 is 2.38 bits per heavy atom. The molecule has 0 aliphatic carbocycles. The molecule has 0 aliphatic rings. The topological polar surface area (TPSA) is 59.6 Å². The van der Waals surface area contributed by atoms with Crippen molar-refractivity contribution in [3.05, 3.63) is 90.0 Å². The molecule has 1 unspecified atom stereocenters. The monoisotopic (exact) mass is 448 g/mol. The van der Waals surface area contributed by atoms with E-state index >= 15 is 0 Å². The summed E-state index contributed by atoms with van der Waals surface area (Å²) in [4.78, 5) is 12.8. The number of thiocarbonyl (C=S) groups is 1. The number of benzene rings is 3. The van der Waals surface area contributed by atoms with Crippen molar-refractivity contribution in [3.8, 4) is 11.5 Å². The van der Waals surface area contributed by atoms with Crippen molar-refractivity contribution in [3.63, 3.8) is 0 Å². The zero-order chi connectivity index (χ0) is 22.8. The highest BCUT2D eigenvalue weighted by Gasteiger charge is 2.14. The SMILES string of the molecule is CCC(C)Oc1ccc(NC(=S)NC(=O)c2ccccc2OCCc2ccccc2)cc1. The fraction of sp³-hybridized carbons (Fsp3) is 0.231. The van der Waals surface area contributed by atoms with E-state index in [4.69, 9.17) is 21.7 Å². The maximum atomic E-state index is 12.8. The number of hydrogen-bond acceptors (Lipinski definition) is 4. The Balaban J connectivity index is 1.54. The number of carbonyl (C=O) groups excluding carboxylic acids is 1. The molecule has 3 aromatic carbocycles. The van der Waals surface area contributed by atoms with Crippen molar-refractivity contribution in [2.75, 3.05) is 11.9 Å². The van der Waals surface area contributed by atoms with Gasteiger partial charge in [-0.05, 0) is 67.5 Å². The summed E-state index contributed by atoms with van der Waals surface area (Å²) >= 11 is 5.31. The molecule has 3 rings (SSSR count). The van der Waals surface area contributed by atoms with E-state index in [0.717, 1.165) is 24.3 Å². The Morgan fingerprint density at radius 1 is 0.969 bits per heavy atom. The Hall–Kier alpha value is -3.38. The van der Waals surface area contributed by atoms with Gasteiger partial charge in [0.05, 0.1) is 18.3 Å². The van der Waals surface area contributed by atoms with Crippen LogP contribution in [0, 0.1) is 0 Å². The number of para-hydroxylation sites is 1. The van der Waals surface area contributed by atoms with Crippen LogP contribution in [0.1, 0.15) is 36.2 Å². The smallest absolute Gasteiger partial charge is 0.261 e. The first kappa shape index (κ1) is 23.3. The van der Waals surface area contributed by atoms with E-state index in [0.29, 0.717) is 17.9 Å². The number of anilines is 1. The molecular formula is C26H28N2O3S. The Kier molecular flexibility index (Phi) is 8.63. The highest BCUT2D eigenvalue weighted by molar-refractivity contribution is 7.80. The first-order chi connectivity index (χ1) is 15.5. The second kappa shape index (κ2) is 11.9. The molecule has 166 valence electrons. The quantitative estimate of drug-likeness (QED) is 0.417. The summed E-state index contributed by atoms with van der Waals surface area (Å²) in [6, 6.07) is 24.7. The lowest BCUT2D eigenvalue weighted by molar-refractivity contribution is 0.0974. The van der Waals surface area contributed by atoms with Crippen LogP contribution in [0.4, 0.5) is 5.69 Å². The molecule has 1 atom stereocenters. The van der Waals surface area contributed by atoms with Crippen LogP contribution in [0.3, 0.4) is 0 Å². The van der Waals surface area contributed by atoms with Gasteiger partial charge < -0.3 is 14.8 Å². The Bertz CT molecular complexity index is 1020. The zero-order valence-corrected chi connectivity index (χ0v) is 19.2. The molecule has 0 saturated heterocycles. The first-order valence-electron chi connectivity index (χ1n) is 10.7. The van der Waals surface area contributed by atoms with Gasteiger partial charge in [-0.3, -0.25) is 10.1 Å². The van der Waals surface area contributed by atoms with E-state index in [1.165, 1.54) is 5.56 Å². The molecule has 32 heavy (non-hydrogen) atoms. The predicted octanol–water partition coefficient (Wildman–Crippen LogP) is 5.61. The molecule has 0 bridgehead atoms. The number of amides is 1. The molecular weight excluding hydrogens is 420 g/mol. The summed E-state index contributed by atoms with van der Waals surface area (Å²) < 4.78 is 11.7. The van der Waals surface area contributed by atoms with E-state index < -0.39 is 0 Å². The molecule has 5 nitrogen and oxygen atoms in total. The molecule has 0 heterocycles. The molecule has 2 N–H and O–H groups in total. The number of hydrogen-bond donors (Lipinski definition) is 2. The van der Waals surface area contributed by atoms with Gasteiger partial charge in [0.15, 0.2) is 5.11 Å². The van der Waals surface area contributed by atoms with E-state index in [1.54, 1.807) is 18.2 Å². The third-order valence-electron chi connectivity index (χ3n) is 4.87. The lowest BCUT2D eigenvalue weighted by Crippen LogP contribution is -2.34. The highest BCUT2D eigenvalue weighted by atomic mass is 32.1. The molecule has 6 heteroatoms. The molecule has 0 saturated carbocycles. The minimum absolute atomic E-state index is 0.157. The maximum Gasteiger partial charge on any atom is 0.261 e. The summed E-state index contributed by atoms with van der Waals surface area (Å²) in [6.07, 6.45) is 1.85. The first-order valence-corrected chi connectivity index (χ1v) is 11.1. The summed E-state index contributed by atoms with van der Waals surface area (Å²) in [5.41, 5.74) is 2.38. The lowest BCUT2D eigenvalue weighted by Gasteiger charge is -2.14. The minimum atomic E-state index is -0.325. The average Bonchev–Trinajstić information content (AvgIpc) is 2.81. The van der Waals surface area contributed by atoms with E-state index in [1.807, 2.05) is 55.5 Å². The van der Waals surface area contributed by atoms with Crippen LogP contribution in [0.15, 0.2) is 78.9 Å². The summed E-state index contributed by atoms with van der Waals surface area (Å²) in [5.74, 6) is 0.992. The minimum Gasteiger partial charge on any atom is -0.492 e. The Morgan fingerprint density at radius 2 is 1.66 bits per heavy atom. The fourth-order valence-corrected chi connectivity index (χ4v) is 3.18. The van der Waals surface area contributed by atoms with Crippen molar-refractivity contribution >= 4 is 28.9 Å². The van der Waals surface area contributed by atoms with Gasteiger partial charge in [0, 0.05) is 12.1 Å². The molecule has 0 aromatic heterocycles. The number of ether oxygens (including phenoxy) is 2. The average molecular weight is 449 g/mol. The normalized spacial score (nSPS) is 11.3. The van der Waals surface area contributed by atoms with Gasteiger partial charge in [0.1, 0.15) is 11.5 Å². The molecule has 1 amide bonds. The largest absolute Gasteiger partial charge is 0.492 e. The highest BCUT2D eigenvalue weighted by Crippen LogP contribution is 2.19. The van der Waals surface area contributed by atoms with Crippen molar-refractivity contribution < 1.29 is 14.3 Å². The molecule has 0 fully saturated rings. The number of carbonyl (C=O) groups is 1. The maximum absolute atomic E-state index is 12.8. The summed E-state index contributed by atoms with van der Waals surface area (Å²) in [7, 11) is 0. The van der Waals surface area contributed by atoms with Crippen molar-refractivity contribution in [1.29, 1.82) is 0 Å². The van der Waals surface area contributed by atoms with E-state index in [9.17, 15) is 4.79 Å². The van der Waals surface area contributed by atoms with Crippen LogP contribution >= 0.6 is 12.2 Å². The van der Waals surface area contributed by atoms with Gasteiger partial charge in [0.25, 0.3) is 5.91 Å². The lowest BCUT2D eigenvalue weighted by atomic mass is 10.1. The number of rotatable bonds is 9. The summed E-state index contributed by atoms with van der Waals surface area (Å²) in [5, 5.41) is 5.96. The zero-order valence-electron chi connectivity index (χ0n) is 18.3. The fourth-order valence-electron chi connectivity index (χ4n) is 2.97. The van der Waals surface area contributed by atoms with Crippen molar-refractivity contribution in [1.82, 2.24) is 5.32 Å². The predicted molar refractivity (Wildman–Crippen MR) is 133 cm³/mol. The van der Waals surface area contributed by atoms with Crippen LogP contribution in [0.2, 0.25) is 0 Å². The van der Waals surface area contributed by atoms with Gasteiger partial charge in [-0.2, -0.15) is 0 Å². The van der Waals surface area contributed by atoms with Gasteiger partial charge in [-0.1, -0.05) is 49.4 Å². The van der Waals surface area contributed by atoms with Gasteiger partial charge in [0.2, 0.25) is 0 Å². The second-order valence-electron chi connectivity index (χ2n) is 7.35. The van der Waals surface area contributed by atoms with Gasteiger partial charge in [-0.15, -0.1) is 0 Å². The van der Waals surface area contributed by atoms with Gasteiger partial charge >= 0.3 is 0 Å². The third kappa shape index (κ3) is 7.10. The number of nitrogens with one attached hydrogen (secondary N) is 2. The Labute approximate surface area is 194 Å². The van der Waals surface area contributed by atoms with Gasteiger partial charge in [-0.25, -0.2) is 0 Å². The van der Waals surface area contributed by atoms with E-state index in [2.05, 4.69) is 29.7 Å². The molecule has 0 aliphatic heterocycles. The van der Waals surface area contributed by atoms with Crippen LogP contribution in [-0.2, 0) is 6.42 Å². The molecule has 0 radical (unpaired) electrons. The summed E-state index contributed by atoms with van der Waals surface area (Å²) in [6.45, 7) is 4.58. The third-order valence-corrected chi connectivity index (χ3v) is 5.08.